The van der Waals surface area contributed by atoms with Crippen molar-refractivity contribution in [1.82, 2.24) is 15.1 Å². The SMILES string of the molecule is CCC(C)NC(=O)N1CCCN(C(=O)Cc2ccc(OC)cc2)CC1. The van der Waals surface area contributed by atoms with Crippen LogP contribution in [0.25, 0.3) is 0 Å². The lowest BCUT2D eigenvalue weighted by Gasteiger charge is -2.24. The van der Waals surface area contributed by atoms with Crippen molar-refractivity contribution in [2.45, 2.75) is 39.2 Å². The summed E-state index contributed by atoms with van der Waals surface area (Å²) in [5.41, 5.74) is 0.974. The summed E-state index contributed by atoms with van der Waals surface area (Å²) >= 11 is 0. The van der Waals surface area contributed by atoms with Gasteiger partial charge < -0.3 is 19.9 Å². The zero-order valence-electron chi connectivity index (χ0n) is 15.5. The zero-order valence-corrected chi connectivity index (χ0v) is 15.5. The second-order valence-electron chi connectivity index (χ2n) is 6.51. The summed E-state index contributed by atoms with van der Waals surface area (Å²) in [5.74, 6) is 0.892. The van der Waals surface area contributed by atoms with Gasteiger partial charge in [0.1, 0.15) is 5.75 Å². The summed E-state index contributed by atoms with van der Waals surface area (Å²) in [6, 6.07) is 7.71. The normalized spacial score (nSPS) is 16.1. The number of hydrogen-bond acceptors (Lipinski definition) is 3. The lowest BCUT2D eigenvalue weighted by Crippen LogP contribution is -2.45. The molecule has 1 fully saturated rings. The second kappa shape index (κ2) is 9.30. The molecule has 1 aromatic rings. The maximum Gasteiger partial charge on any atom is 0.317 e. The van der Waals surface area contributed by atoms with Crippen LogP contribution in [0.3, 0.4) is 0 Å². The average Bonchev–Trinajstić information content (AvgIpc) is 2.88. The Bertz CT molecular complexity index is 574. The number of urea groups is 1. The molecular weight excluding hydrogens is 318 g/mol. The van der Waals surface area contributed by atoms with Crippen LogP contribution in [0.5, 0.6) is 5.75 Å². The average molecular weight is 347 g/mol. The molecule has 25 heavy (non-hydrogen) atoms. The van der Waals surface area contributed by atoms with Gasteiger partial charge in [0, 0.05) is 32.2 Å². The molecule has 1 saturated heterocycles. The predicted molar refractivity (Wildman–Crippen MR) is 97.8 cm³/mol. The fourth-order valence-corrected chi connectivity index (χ4v) is 2.80. The summed E-state index contributed by atoms with van der Waals surface area (Å²) in [7, 11) is 1.63. The summed E-state index contributed by atoms with van der Waals surface area (Å²) in [4.78, 5) is 28.5. The van der Waals surface area contributed by atoms with Gasteiger partial charge >= 0.3 is 6.03 Å². The molecule has 1 aliphatic rings. The van der Waals surface area contributed by atoms with Crippen LogP contribution in [0.15, 0.2) is 24.3 Å². The molecule has 6 nitrogen and oxygen atoms in total. The van der Waals surface area contributed by atoms with Crippen LogP contribution < -0.4 is 10.1 Å². The van der Waals surface area contributed by atoms with E-state index in [1.807, 2.05) is 47.9 Å². The summed E-state index contributed by atoms with van der Waals surface area (Å²) in [5, 5.41) is 2.99. The Morgan fingerprint density at radius 3 is 2.40 bits per heavy atom. The number of nitrogens with zero attached hydrogens (tertiary/aromatic N) is 2. The van der Waals surface area contributed by atoms with E-state index in [4.69, 9.17) is 4.74 Å². The van der Waals surface area contributed by atoms with Gasteiger partial charge in [-0.05, 0) is 37.5 Å². The highest BCUT2D eigenvalue weighted by Gasteiger charge is 2.22. The van der Waals surface area contributed by atoms with Crippen molar-refractivity contribution in [2.75, 3.05) is 33.3 Å². The minimum atomic E-state index is -0.0289. The standard InChI is InChI=1S/C19H29N3O3/c1-4-15(2)20-19(24)22-11-5-10-21(12-13-22)18(23)14-16-6-8-17(25-3)9-7-16/h6-9,15H,4-5,10-14H2,1-3H3,(H,20,24). The molecule has 1 aliphatic heterocycles. The maximum absolute atomic E-state index is 12.6. The smallest absolute Gasteiger partial charge is 0.317 e. The van der Waals surface area contributed by atoms with Crippen molar-refractivity contribution in [1.29, 1.82) is 0 Å². The van der Waals surface area contributed by atoms with Crippen LogP contribution in [0.4, 0.5) is 4.79 Å². The van der Waals surface area contributed by atoms with Crippen molar-refractivity contribution in [3.8, 4) is 5.75 Å². The van der Waals surface area contributed by atoms with Gasteiger partial charge in [0.15, 0.2) is 0 Å². The van der Waals surface area contributed by atoms with Crippen molar-refractivity contribution in [3.63, 3.8) is 0 Å². The van der Waals surface area contributed by atoms with E-state index in [0.717, 1.165) is 24.2 Å². The number of rotatable bonds is 5. The number of ether oxygens (including phenoxy) is 1. The van der Waals surface area contributed by atoms with Crippen LogP contribution >= 0.6 is 0 Å². The van der Waals surface area contributed by atoms with Crippen molar-refractivity contribution in [3.05, 3.63) is 29.8 Å². The van der Waals surface area contributed by atoms with E-state index in [9.17, 15) is 9.59 Å². The number of amides is 3. The van der Waals surface area contributed by atoms with E-state index in [1.54, 1.807) is 7.11 Å². The first kappa shape index (κ1) is 19.1. The summed E-state index contributed by atoms with van der Waals surface area (Å²) < 4.78 is 5.14. The van der Waals surface area contributed by atoms with E-state index < -0.39 is 0 Å². The van der Waals surface area contributed by atoms with Crippen molar-refractivity contribution >= 4 is 11.9 Å². The highest BCUT2D eigenvalue weighted by atomic mass is 16.5. The molecule has 0 bridgehead atoms. The second-order valence-corrected chi connectivity index (χ2v) is 6.51. The predicted octanol–water partition coefficient (Wildman–Crippen LogP) is 2.28. The number of benzene rings is 1. The third-order valence-corrected chi connectivity index (χ3v) is 4.63. The minimum Gasteiger partial charge on any atom is -0.497 e. The monoisotopic (exact) mass is 347 g/mol. The first-order valence-corrected chi connectivity index (χ1v) is 8.99. The molecule has 6 heteroatoms. The first-order chi connectivity index (χ1) is 12.0. The Kier molecular flexibility index (Phi) is 7.10. The quantitative estimate of drug-likeness (QED) is 0.889. The molecule has 0 spiro atoms. The zero-order chi connectivity index (χ0) is 18.2. The van der Waals surface area contributed by atoms with Crippen LogP contribution in [0.1, 0.15) is 32.3 Å². The molecule has 0 aromatic heterocycles. The fraction of sp³-hybridized carbons (Fsp3) is 0.579. The molecule has 1 atom stereocenters. The maximum atomic E-state index is 12.6. The van der Waals surface area contributed by atoms with E-state index in [0.29, 0.717) is 32.6 Å². The lowest BCUT2D eigenvalue weighted by atomic mass is 10.1. The highest BCUT2D eigenvalue weighted by molar-refractivity contribution is 5.79. The van der Waals surface area contributed by atoms with Crippen LogP contribution in [0, 0.1) is 0 Å². The number of nitrogens with one attached hydrogen (secondary N) is 1. The van der Waals surface area contributed by atoms with Crippen LogP contribution in [-0.4, -0.2) is 61.1 Å². The molecule has 3 amide bonds. The largest absolute Gasteiger partial charge is 0.497 e. The van der Waals surface area contributed by atoms with Crippen molar-refractivity contribution in [2.24, 2.45) is 0 Å². The Morgan fingerprint density at radius 2 is 1.76 bits per heavy atom. The fourth-order valence-electron chi connectivity index (χ4n) is 2.80. The molecule has 1 N–H and O–H groups in total. The molecule has 0 radical (unpaired) electrons. The highest BCUT2D eigenvalue weighted by Crippen LogP contribution is 2.13. The van der Waals surface area contributed by atoms with E-state index in [1.165, 1.54) is 0 Å². The molecule has 0 aliphatic carbocycles. The first-order valence-electron chi connectivity index (χ1n) is 8.99. The van der Waals surface area contributed by atoms with Crippen LogP contribution in [0.2, 0.25) is 0 Å². The van der Waals surface area contributed by atoms with Gasteiger partial charge in [-0.2, -0.15) is 0 Å². The molecule has 2 rings (SSSR count). The Morgan fingerprint density at radius 1 is 1.12 bits per heavy atom. The van der Waals surface area contributed by atoms with E-state index in [2.05, 4.69) is 5.32 Å². The Balaban J connectivity index is 1.86. The number of hydrogen-bond donors (Lipinski definition) is 1. The summed E-state index contributed by atoms with van der Waals surface area (Å²) in [6.07, 6.45) is 2.09. The number of carbonyl (C=O) groups excluding carboxylic acids is 2. The molecule has 0 saturated carbocycles. The molecule has 1 aromatic carbocycles. The third-order valence-electron chi connectivity index (χ3n) is 4.63. The number of methoxy groups -OCH3 is 1. The van der Waals surface area contributed by atoms with Gasteiger partial charge in [-0.25, -0.2) is 4.79 Å². The van der Waals surface area contributed by atoms with Gasteiger partial charge in [0.25, 0.3) is 0 Å². The van der Waals surface area contributed by atoms with Gasteiger partial charge in [-0.15, -0.1) is 0 Å². The van der Waals surface area contributed by atoms with Crippen molar-refractivity contribution < 1.29 is 14.3 Å². The van der Waals surface area contributed by atoms with E-state index >= 15 is 0 Å². The lowest BCUT2D eigenvalue weighted by molar-refractivity contribution is -0.130. The van der Waals surface area contributed by atoms with Gasteiger partial charge in [-0.1, -0.05) is 19.1 Å². The number of carbonyl (C=O) groups is 2. The summed E-state index contributed by atoms with van der Waals surface area (Å²) in [6.45, 7) is 6.60. The third kappa shape index (κ3) is 5.66. The molecule has 138 valence electrons. The van der Waals surface area contributed by atoms with Gasteiger partial charge in [-0.3, -0.25) is 4.79 Å². The topological polar surface area (TPSA) is 61.9 Å². The Hall–Kier alpha value is -2.24. The molecular formula is C19H29N3O3. The van der Waals surface area contributed by atoms with E-state index in [-0.39, 0.29) is 18.0 Å². The minimum absolute atomic E-state index is 0.0289. The van der Waals surface area contributed by atoms with Gasteiger partial charge in [0.05, 0.1) is 13.5 Å². The van der Waals surface area contributed by atoms with Crippen LogP contribution in [-0.2, 0) is 11.2 Å². The Labute approximate surface area is 150 Å². The molecule has 1 unspecified atom stereocenters. The molecule has 1 heterocycles. The van der Waals surface area contributed by atoms with Gasteiger partial charge in [0.2, 0.25) is 5.91 Å².